The van der Waals surface area contributed by atoms with E-state index in [2.05, 4.69) is 56.4 Å². The van der Waals surface area contributed by atoms with Gasteiger partial charge in [-0.25, -0.2) is 4.79 Å². The van der Waals surface area contributed by atoms with Crippen molar-refractivity contribution in [3.8, 4) is 5.75 Å². The van der Waals surface area contributed by atoms with E-state index in [4.69, 9.17) is 9.47 Å². The number of amides is 1. The maximum atomic E-state index is 11.6. The third-order valence-corrected chi connectivity index (χ3v) is 7.71. The van der Waals surface area contributed by atoms with Crippen LogP contribution in [0.5, 0.6) is 5.75 Å². The maximum absolute atomic E-state index is 11.6. The molecule has 1 atom stereocenters. The number of ether oxygens (including phenoxy) is 2. The summed E-state index contributed by atoms with van der Waals surface area (Å²) in [6.45, 7) is 9.49. The van der Waals surface area contributed by atoms with E-state index in [9.17, 15) is 4.79 Å². The summed E-state index contributed by atoms with van der Waals surface area (Å²) in [5.74, 6) is 2.50. The zero-order valence-electron chi connectivity index (χ0n) is 19.3. The molecule has 4 nitrogen and oxygen atoms in total. The van der Waals surface area contributed by atoms with Gasteiger partial charge in [-0.1, -0.05) is 39.0 Å². The minimum Gasteiger partial charge on any atom is -0.490 e. The number of benzene rings is 2. The summed E-state index contributed by atoms with van der Waals surface area (Å²) in [5.41, 5.74) is 2.40. The average Bonchev–Trinajstić information content (AvgIpc) is 3.50. The first-order valence-corrected chi connectivity index (χ1v) is 11.9. The van der Waals surface area contributed by atoms with Crippen LogP contribution in [0.15, 0.2) is 30.3 Å². The Kier molecular flexibility index (Phi) is 4.95. The molecule has 166 valence electrons. The number of fused-ring (bicyclic) bond motifs is 1. The first-order chi connectivity index (χ1) is 14.7. The molecule has 0 radical (unpaired) electrons. The summed E-state index contributed by atoms with van der Waals surface area (Å²) >= 11 is 0. The van der Waals surface area contributed by atoms with Gasteiger partial charge in [0.05, 0.1) is 11.6 Å². The van der Waals surface area contributed by atoms with Crippen LogP contribution in [0.3, 0.4) is 0 Å². The molecule has 2 aromatic rings. The van der Waals surface area contributed by atoms with Gasteiger partial charge in [0.2, 0.25) is 0 Å². The van der Waals surface area contributed by atoms with E-state index in [0.29, 0.717) is 24.0 Å². The molecule has 1 saturated heterocycles. The Morgan fingerprint density at radius 3 is 2.39 bits per heavy atom. The second kappa shape index (κ2) is 7.43. The van der Waals surface area contributed by atoms with Crippen molar-refractivity contribution in [3.05, 3.63) is 41.5 Å². The van der Waals surface area contributed by atoms with Crippen molar-refractivity contribution in [2.24, 2.45) is 11.3 Å². The quantitative estimate of drug-likeness (QED) is 0.601. The molecule has 5 rings (SSSR count). The fraction of sp³-hybridized carbons (Fsp3) is 0.593. The molecule has 3 fully saturated rings. The maximum Gasteiger partial charge on any atom is 0.408 e. The van der Waals surface area contributed by atoms with Crippen LogP contribution in [0.4, 0.5) is 4.79 Å². The lowest BCUT2D eigenvalue weighted by Crippen LogP contribution is -2.37. The van der Waals surface area contributed by atoms with E-state index in [-0.39, 0.29) is 6.09 Å². The van der Waals surface area contributed by atoms with Gasteiger partial charge in [0.1, 0.15) is 12.4 Å². The standard InChI is InChI=1S/C27H35NO3/c1-26(2,3)19-8-11-21(12-9-19)31-23-14-7-18-15-20(27(4)16-30-25(29)28-27)10-13-22(18)24(23)17-5-6-17/h7,10,13-15,17,19,21H,5-6,8-9,11-12,16H2,1-4H3,(H,28,29)/t19?,21?,27-/m0/s1. The van der Waals surface area contributed by atoms with Gasteiger partial charge in [-0.15, -0.1) is 0 Å². The summed E-state index contributed by atoms with van der Waals surface area (Å²) in [5, 5.41) is 5.46. The topological polar surface area (TPSA) is 47.6 Å². The minimum absolute atomic E-state index is 0.331. The first kappa shape index (κ1) is 20.7. The predicted octanol–water partition coefficient (Wildman–Crippen LogP) is 6.66. The smallest absolute Gasteiger partial charge is 0.408 e. The fourth-order valence-electron chi connectivity index (χ4n) is 5.46. The Morgan fingerprint density at radius 2 is 1.77 bits per heavy atom. The number of nitrogens with one attached hydrogen (secondary N) is 1. The van der Waals surface area contributed by atoms with Crippen molar-refractivity contribution in [1.82, 2.24) is 5.32 Å². The van der Waals surface area contributed by atoms with Crippen LogP contribution in [0.2, 0.25) is 0 Å². The van der Waals surface area contributed by atoms with Crippen LogP contribution in [0.25, 0.3) is 10.8 Å². The monoisotopic (exact) mass is 421 g/mol. The number of carbonyl (C=O) groups excluding carboxylic acids is 1. The summed E-state index contributed by atoms with van der Waals surface area (Å²) in [6, 6.07) is 10.9. The van der Waals surface area contributed by atoms with E-state index in [1.165, 1.54) is 42.0 Å². The Hall–Kier alpha value is -2.23. The Balaban J connectivity index is 1.40. The van der Waals surface area contributed by atoms with Crippen molar-refractivity contribution in [2.45, 2.75) is 83.8 Å². The van der Waals surface area contributed by atoms with Crippen LogP contribution in [-0.4, -0.2) is 18.8 Å². The highest BCUT2D eigenvalue weighted by molar-refractivity contribution is 5.89. The molecule has 1 aliphatic heterocycles. The normalized spacial score (nSPS) is 29.0. The summed E-state index contributed by atoms with van der Waals surface area (Å²) < 4.78 is 11.8. The van der Waals surface area contributed by atoms with E-state index in [0.717, 1.165) is 30.1 Å². The summed E-state index contributed by atoms with van der Waals surface area (Å²) in [6.07, 6.45) is 7.31. The molecular formula is C27H35NO3. The molecule has 0 unspecified atom stereocenters. The highest BCUT2D eigenvalue weighted by Crippen LogP contribution is 2.49. The van der Waals surface area contributed by atoms with Gasteiger partial charge in [0.25, 0.3) is 0 Å². The number of cyclic esters (lactones) is 1. The van der Waals surface area contributed by atoms with E-state index in [1.54, 1.807) is 0 Å². The zero-order valence-corrected chi connectivity index (χ0v) is 19.3. The highest BCUT2D eigenvalue weighted by atomic mass is 16.6. The van der Waals surface area contributed by atoms with Gasteiger partial charge in [0, 0.05) is 5.56 Å². The van der Waals surface area contributed by atoms with Crippen LogP contribution >= 0.6 is 0 Å². The summed E-state index contributed by atoms with van der Waals surface area (Å²) in [4.78, 5) is 11.6. The third kappa shape index (κ3) is 4.02. The van der Waals surface area contributed by atoms with Gasteiger partial charge < -0.3 is 14.8 Å². The van der Waals surface area contributed by atoms with Crippen molar-refractivity contribution in [2.75, 3.05) is 6.61 Å². The van der Waals surface area contributed by atoms with Gasteiger partial charge in [-0.2, -0.15) is 0 Å². The number of carbonyl (C=O) groups is 1. The largest absolute Gasteiger partial charge is 0.490 e. The molecule has 1 N–H and O–H groups in total. The lowest BCUT2D eigenvalue weighted by Gasteiger charge is -2.37. The van der Waals surface area contributed by atoms with Crippen molar-refractivity contribution >= 4 is 16.9 Å². The number of alkyl carbamates (subject to hydrolysis) is 1. The molecule has 31 heavy (non-hydrogen) atoms. The molecular weight excluding hydrogens is 386 g/mol. The molecule has 0 bridgehead atoms. The van der Waals surface area contributed by atoms with E-state index < -0.39 is 5.54 Å². The molecule has 1 heterocycles. The molecule has 0 spiro atoms. The fourth-order valence-corrected chi connectivity index (χ4v) is 5.46. The highest BCUT2D eigenvalue weighted by Gasteiger charge is 2.37. The zero-order chi connectivity index (χ0) is 21.8. The predicted molar refractivity (Wildman–Crippen MR) is 124 cm³/mol. The molecule has 2 saturated carbocycles. The second-order valence-corrected chi connectivity index (χ2v) is 11.2. The first-order valence-electron chi connectivity index (χ1n) is 11.9. The molecule has 3 aliphatic rings. The Bertz CT molecular complexity index is 995. The Labute approximate surface area is 185 Å². The van der Waals surface area contributed by atoms with Gasteiger partial charge >= 0.3 is 6.09 Å². The van der Waals surface area contributed by atoms with Crippen LogP contribution in [0.1, 0.15) is 83.3 Å². The van der Waals surface area contributed by atoms with Gasteiger partial charge in [-0.3, -0.25) is 0 Å². The van der Waals surface area contributed by atoms with Crippen LogP contribution in [-0.2, 0) is 10.3 Å². The summed E-state index contributed by atoms with van der Waals surface area (Å²) in [7, 11) is 0. The lowest BCUT2D eigenvalue weighted by atomic mass is 9.72. The van der Waals surface area contributed by atoms with Crippen molar-refractivity contribution < 1.29 is 14.3 Å². The SMILES string of the molecule is CC(C)(C)C1CCC(Oc2ccc3cc([C@]4(C)COC(=O)N4)ccc3c2C2CC2)CC1. The molecule has 4 heteroatoms. The van der Waals surface area contributed by atoms with E-state index in [1.807, 2.05) is 6.92 Å². The van der Waals surface area contributed by atoms with Crippen LogP contribution in [0, 0.1) is 11.3 Å². The number of rotatable bonds is 4. The number of hydrogen-bond donors (Lipinski definition) is 1. The van der Waals surface area contributed by atoms with Crippen molar-refractivity contribution in [3.63, 3.8) is 0 Å². The molecule has 1 amide bonds. The van der Waals surface area contributed by atoms with E-state index >= 15 is 0 Å². The molecule has 2 aliphatic carbocycles. The van der Waals surface area contributed by atoms with Crippen LogP contribution < -0.4 is 10.1 Å². The van der Waals surface area contributed by atoms with Crippen molar-refractivity contribution in [1.29, 1.82) is 0 Å². The molecule has 2 aromatic carbocycles. The molecule has 0 aromatic heterocycles. The van der Waals surface area contributed by atoms with Gasteiger partial charge in [0.15, 0.2) is 0 Å². The second-order valence-electron chi connectivity index (χ2n) is 11.2. The average molecular weight is 422 g/mol. The number of hydrogen-bond acceptors (Lipinski definition) is 3. The lowest BCUT2D eigenvalue weighted by molar-refractivity contribution is 0.0877. The Morgan fingerprint density at radius 1 is 1.03 bits per heavy atom. The third-order valence-electron chi connectivity index (χ3n) is 7.71. The minimum atomic E-state index is -0.466. The van der Waals surface area contributed by atoms with Gasteiger partial charge in [-0.05, 0) is 91.2 Å².